The first kappa shape index (κ1) is 25.4. The van der Waals surface area contributed by atoms with Crippen molar-refractivity contribution in [3.8, 4) is 0 Å². The number of carbonyl (C=O) groups excluding carboxylic acids is 2. The molecule has 0 radical (unpaired) electrons. The zero-order valence-electron chi connectivity index (χ0n) is 20.2. The summed E-state index contributed by atoms with van der Waals surface area (Å²) in [7, 11) is 3.40. The molecule has 0 unspecified atom stereocenters. The van der Waals surface area contributed by atoms with Crippen molar-refractivity contribution in [2.24, 2.45) is 11.8 Å². The van der Waals surface area contributed by atoms with Gasteiger partial charge in [-0.15, -0.1) is 0 Å². The fourth-order valence-electron chi connectivity index (χ4n) is 5.29. The van der Waals surface area contributed by atoms with E-state index in [9.17, 15) is 18.4 Å². The molecule has 8 heteroatoms. The Hall–Kier alpha value is -2.67. The largest absolute Gasteiger partial charge is 0.371 e. The number of piperidine rings is 2. The molecule has 0 aliphatic carbocycles. The average molecular weight is 504 g/mol. The van der Waals surface area contributed by atoms with Gasteiger partial charge in [-0.25, -0.2) is 0 Å². The number of alkyl halides is 2. The molecule has 2 aliphatic heterocycles. The topological polar surface area (TPSA) is 43.9 Å². The van der Waals surface area contributed by atoms with Gasteiger partial charge in [0.2, 0.25) is 0 Å². The highest BCUT2D eigenvalue weighted by atomic mass is 35.5. The smallest absolute Gasteiger partial charge is 0.349 e. The molecule has 0 bridgehead atoms. The lowest BCUT2D eigenvalue weighted by Gasteiger charge is -2.41. The van der Waals surface area contributed by atoms with Gasteiger partial charge in [-0.2, -0.15) is 8.78 Å². The summed E-state index contributed by atoms with van der Waals surface area (Å²) in [5.41, 5.74) is 1.25. The Labute approximate surface area is 210 Å². The Morgan fingerprint density at radius 3 is 2.03 bits per heavy atom. The molecule has 5 nitrogen and oxygen atoms in total. The van der Waals surface area contributed by atoms with Crippen LogP contribution in [0.25, 0.3) is 0 Å². The van der Waals surface area contributed by atoms with E-state index < -0.39 is 11.8 Å². The predicted octanol–water partition coefficient (Wildman–Crippen LogP) is 5.29. The summed E-state index contributed by atoms with van der Waals surface area (Å²) in [6.45, 7) is 2.52. The van der Waals surface area contributed by atoms with Gasteiger partial charge in [-0.1, -0.05) is 41.9 Å². The second-order valence-electron chi connectivity index (χ2n) is 9.76. The summed E-state index contributed by atoms with van der Waals surface area (Å²) in [6, 6.07) is 12.9. The molecule has 2 aromatic carbocycles. The van der Waals surface area contributed by atoms with E-state index in [1.807, 2.05) is 12.1 Å². The van der Waals surface area contributed by atoms with E-state index in [4.69, 9.17) is 11.6 Å². The van der Waals surface area contributed by atoms with Gasteiger partial charge in [0.25, 0.3) is 11.8 Å². The number of halogens is 3. The number of anilines is 1. The zero-order chi connectivity index (χ0) is 25.2. The number of nitrogens with zero attached hydrogens (tertiary/aromatic N) is 3. The minimum Gasteiger partial charge on any atom is -0.371 e. The summed E-state index contributed by atoms with van der Waals surface area (Å²) < 4.78 is 29.4. The number of carbonyl (C=O) groups is 2. The maximum Gasteiger partial charge on any atom is 0.349 e. The molecule has 4 rings (SSSR count). The summed E-state index contributed by atoms with van der Waals surface area (Å²) in [5, 5.41) is 0.452. The Bertz CT molecular complexity index is 1050. The average Bonchev–Trinajstić information content (AvgIpc) is 2.88. The summed E-state index contributed by atoms with van der Waals surface area (Å²) in [5.74, 6) is -3.75. The normalized spacial score (nSPS) is 18.0. The van der Waals surface area contributed by atoms with Crippen LogP contribution in [0, 0.1) is 11.8 Å². The van der Waals surface area contributed by atoms with Crippen LogP contribution in [0.4, 0.5) is 14.5 Å². The van der Waals surface area contributed by atoms with Gasteiger partial charge in [-0.3, -0.25) is 9.59 Å². The second kappa shape index (κ2) is 10.5. The summed E-state index contributed by atoms with van der Waals surface area (Å²) in [6.07, 6.45) is 3.53. The van der Waals surface area contributed by atoms with Crippen LogP contribution in [-0.4, -0.2) is 61.9 Å². The molecule has 2 fully saturated rings. The minimum atomic E-state index is -3.49. The van der Waals surface area contributed by atoms with Gasteiger partial charge in [0, 0.05) is 51.5 Å². The van der Waals surface area contributed by atoms with Crippen LogP contribution >= 0.6 is 11.6 Å². The van der Waals surface area contributed by atoms with Crippen molar-refractivity contribution < 1.29 is 18.4 Å². The van der Waals surface area contributed by atoms with E-state index in [0.29, 0.717) is 35.5 Å². The number of likely N-dealkylation sites (tertiary alicyclic amines) is 1. The standard InChI is InChI=1S/C27H32ClF2N3O2/c1-31(2)25(34)23-9-8-22(18-24(23)28)32-14-10-19(11-15-32)20-12-16-33(17-13-20)26(35)27(29,30)21-6-4-3-5-7-21/h3-9,18-20H,10-17H2,1-2H3. The van der Waals surface area contributed by atoms with E-state index in [1.54, 1.807) is 26.2 Å². The van der Waals surface area contributed by atoms with Gasteiger partial charge in [-0.05, 0) is 55.7 Å². The third-order valence-corrected chi connectivity index (χ3v) is 7.71. The Morgan fingerprint density at radius 1 is 0.914 bits per heavy atom. The fraction of sp³-hybridized carbons (Fsp3) is 0.481. The predicted molar refractivity (Wildman–Crippen MR) is 134 cm³/mol. The lowest BCUT2D eigenvalue weighted by molar-refractivity contribution is -0.160. The van der Waals surface area contributed by atoms with Gasteiger partial charge in [0.1, 0.15) is 0 Å². The molecule has 35 heavy (non-hydrogen) atoms. The Balaban J connectivity index is 1.29. The van der Waals surface area contributed by atoms with Crippen LogP contribution in [-0.2, 0) is 10.7 Å². The SMILES string of the molecule is CN(C)C(=O)c1ccc(N2CCC(C3CCN(C(=O)C(F)(F)c4ccccc4)CC3)CC2)cc1Cl. The lowest BCUT2D eigenvalue weighted by Crippen LogP contribution is -2.47. The van der Waals surface area contributed by atoms with Crippen LogP contribution in [0.3, 0.4) is 0 Å². The van der Waals surface area contributed by atoms with Gasteiger partial charge >= 0.3 is 5.92 Å². The monoisotopic (exact) mass is 503 g/mol. The molecule has 2 heterocycles. The first-order valence-electron chi connectivity index (χ1n) is 12.2. The van der Waals surface area contributed by atoms with E-state index in [2.05, 4.69) is 4.90 Å². The molecule has 2 amide bonds. The molecule has 0 N–H and O–H groups in total. The summed E-state index contributed by atoms with van der Waals surface area (Å²) in [4.78, 5) is 29.9. The highest BCUT2D eigenvalue weighted by Crippen LogP contribution is 2.37. The van der Waals surface area contributed by atoms with Crippen LogP contribution in [0.1, 0.15) is 41.6 Å². The Kier molecular flexibility index (Phi) is 7.64. The van der Waals surface area contributed by atoms with E-state index in [1.165, 1.54) is 34.1 Å². The van der Waals surface area contributed by atoms with Crippen LogP contribution in [0.5, 0.6) is 0 Å². The number of benzene rings is 2. The number of amides is 2. The molecule has 2 saturated heterocycles. The van der Waals surface area contributed by atoms with Crippen LogP contribution < -0.4 is 4.90 Å². The third kappa shape index (κ3) is 5.45. The van der Waals surface area contributed by atoms with Crippen molar-refractivity contribution in [3.63, 3.8) is 0 Å². The van der Waals surface area contributed by atoms with Crippen LogP contribution in [0.15, 0.2) is 48.5 Å². The highest BCUT2D eigenvalue weighted by molar-refractivity contribution is 6.34. The van der Waals surface area contributed by atoms with Gasteiger partial charge < -0.3 is 14.7 Å². The van der Waals surface area contributed by atoms with E-state index >= 15 is 0 Å². The van der Waals surface area contributed by atoms with Crippen molar-refractivity contribution in [1.82, 2.24) is 9.80 Å². The molecule has 0 saturated carbocycles. The van der Waals surface area contributed by atoms with E-state index in [-0.39, 0.29) is 11.5 Å². The van der Waals surface area contributed by atoms with Gasteiger partial charge in [0.05, 0.1) is 10.6 Å². The van der Waals surface area contributed by atoms with Crippen LogP contribution in [0.2, 0.25) is 5.02 Å². The number of hydrogen-bond acceptors (Lipinski definition) is 3. The molecule has 0 spiro atoms. The Morgan fingerprint density at radius 2 is 1.49 bits per heavy atom. The lowest BCUT2D eigenvalue weighted by atomic mass is 9.78. The quantitative estimate of drug-likeness (QED) is 0.557. The zero-order valence-corrected chi connectivity index (χ0v) is 21.0. The molecule has 2 aliphatic rings. The van der Waals surface area contributed by atoms with Crippen molar-refractivity contribution in [2.75, 3.05) is 45.2 Å². The molecule has 2 aromatic rings. The van der Waals surface area contributed by atoms with Crippen molar-refractivity contribution in [2.45, 2.75) is 31.6 Å². The molecule has 0 atom stereocenters. The van der Waals surface area contributed by atoms with Crippen molar-refractivity contribution in [3.05, 3.63) is 64.7 Å². The highest BCUT2D eigenvalue weighted by Gasteiger charge is 2.45. The maximum atomic E-state index is 14.7. The summed E-state index contributed by atoms with van der Waals surface area (Å²) >= 11 is 6.39. The first-order chi connectivity index (χ1) is 16.7. The fourth-order valence-corrected chi connectivity index (χ4v) is 5.54. The molecular formula is C27H32ClF2N3O2. The maximum absolute atomic E-state index is 14.7. The second-order valence-corrected chi connectivity index (χ2v) is 10.2. The molecule has 0 aromatic heterocycles. The third-order valence-electron chi connectivity index (χ3n) is 7.39. The van der Waals surface area contributed by atoms with E-state index in [0.717, 1.165) is 44.5 Å². The number of hydrogen-bond donors (Lipinski definition) is 0. The molecular weight excluding hydrogens is 472 g/mol. The van der Waals surface area contributed by atoms with Gasteiger partial charge in [0.15, 0.2) is 0 Å². The minimum absolute atomic E-state index is 0.119. The molecule has 188 valence electrons. The van der Waals surface area contributed by atoms with Crippen molar-refractivity contribution >= 4 is 29.1 Å². The first-order valence-corrected chi connectivity index (χ1v) is 12.5. The number of rotatable bonds is 5. The van der Waals surface area contributed by atoms with Crippen molar-refractivity contribution in [1.29, 1.82) is 0 Å².